The van der Waals surface area contributed by atoms with Gasteiger partial charge in [-0.25, -0.2) is 9.37 Å². The molecule has 4 heterocycles. The molecule has 1 aliphatic carbocycles. The van der Waals surface area contributed by atoms with Gasteiger partial charge < -0.3 is 24.1 Å². The van der Waals surface area contributed by atoms with Crippen molar-refractivity contribution in [3.8, 4) is 5.75 Å². The molecule has 1 spiro atoms. The lowest BCUT2D eigenvalue weighted by Crippen LogP contribution is -2.45. The van der Waals surface area contributed by atoms with Crippen LogP contribution in [0.2, 0.25) is 0 Å². The van der Waals surface area contributed by atoms with Crippen molar-refractivity contribution < 1.29 is 13.9 Å². The van der Waals surface area contributed by atoms with Crippen molar-refractivity contribution >= 4 is 11.9 Å². The number of hydrogen-bond acceptors (Lipinski definition) is 5. The standard InChI is InChI=1S/C30H33FN6O2/c1-4-39-26-15-25(34-16-24(26)31)20(2)37-19-30(7-8-30)27-22(18-35-10-5-6-11-35)13-21(14-23(27)28(37)38)17-36-12-9-33-29(36)32-3/h5-6,9-16,20H,4,7-8,17-19H2,1-3H3,(H,32,33)/t20-/m0/s1. The highest BCUT2D eigenvalue weighted by molar-refractivity contribution is 5.98. The van der Waals surface area contributed by atoms with Gasteiger partial charge in [0.05, 0.1) is 31.1 Å². The van der Waals surface area contributed by atoms with E-state index in [1.54, 1.807) is 12.3 Å². The molecular weight excluding hydrogens is 495 g/mol. The number of pyridine rings is 1. The molecule has 1 fully saturated rings. The second-order valence-electron chi connectivity index (χ2n) is 10.5. The van der Waals surface area contributed by atoms with Crippen LogP contribution in [-0.2, 0) is 18.5 Å². The Kier molecular flexibility index (Phi) is 6.37. The van der Waals surface area contributed by atoms with Gasteiger partial charge in [-0.3, -0.25) is 9.78 Å². The number of amides is 1. The number of halogens is 1. The van der Waals surface area contributed by atoms with Crippen LogP contribution in [0.25, 0.3) is 0 Å². The first kappa shape index (κ1) is 25.2. The molecule has 1 N–H and O–H groups in total. The minimum Gasteiger partial charge on any atom is -0.491 e. The van der Waals surface area contributed by atoms with Crippen molar-refractivity contribution in [1.82, 2.24) is 24.0 Å². The van der Waals surface area contributed by atoms with Crippen LogP contribution in [0.3, 0.4) is 0 Å². The molecule has 1 amide bonds. The van der Waals surface area contributed by atoms with Crippen LogP contribution in [0.5, 0.6) is 5.75 Å². The maximum Gasteiger partial charge on any atom is 0.254 e. The van der Waals surface area contributed by atoms with Gasteiger partial charge in [-0.05, 0) is 61.6 Å². The third-order valence-electron chi connectivity index (χ3n) is 7.98. The lowest BCUT2D eigenvalue weighted by molar-refractivity contribution is 0.0633. The summed E-state index contributed by atoms with van der Waals surface area (Å²) in [7, 11) is 1.85. The number of fused-ring (bicyclic) bond motifs is 2. The van der Waals surface area contributed by atoms with Gasteiger partial charge >= 0.3 is 0 Å². The zero-order chi connectivity index (χ0) is 27.1. The average Bonchev–Trinajstić information content (AvgIpc) is 3.28. The zero-order valence-corrected chi connectivity index (χ0v) is 22.5. The Morgan fingerprint density at radius 2 is 1.92 bits per heavy atom. The number of rotatable bonds is 9. The number of nitrogens with zero attached hydrogens (tertiary/aromatic N) is 5. The Balaban J connectivity index is 1.42. The largest absolute Gasteiger partial charge is 0.491 e. The topological polar surface area (TPSA) is 77.2 Å². The van der Waals surface area contributed by atoms with Crippen LogP contribution in [0.1, 0.15) is 65.5 Å². The number of carbonyl (C=O) groups is 1. The first-order valence-electron chi connectivity index (χ1n) is 13.5. The second-order valence-corrected chi connectivity index (χ2v) is 10.5. The fourth-order valence-electron chi connectivity index (χ4n) is 5.91. The monoisotopic (exact) mass is 528 g/mol. The van der Waals surface area contributed by atoms with E-state index in [0.29, 0.717) is 31.9 Å². The van der Waals surface area contributed by atoms with Crippen molar-refractivity contribution in [1.29, 1.82) is 0 Å². The number of imidazole rings is 1. The highest BCUT2D eigenvalue weighted by Crippen LogP contribution is 2.55. The van der Waals surface area contributed by atoms with E-state index in [0.717, 1.165) is 29.9 Å². The van der Waals surface area contributed by atoms with Crippen LogP contribution in [-0.4, -0.2) is 50.1 Å². The van der Waals surface area contributed by atoms with Crippen molar-refractivity contribution in [2.45, 2.75) is 51.2 Å². The van der Waals surface area contributed by atoms with E-state index in [-0.39, 0.29) is 23.1 Å². The second kappa shape index (κ2) is 9.87. The van der Waals surface area contributed by atoms with Gasteiger partial charge in [0.15, 0.2) is 11.6 Å². The highest BCUT2D eigenvalue weighted by Gasteiger charge is 2.53. The Morgan fingerprint density at radius 1 is 1.13 bits per heavy atom. The SMILES string of the molecule is CCOc1cc([C@H](C)N2CC3(CC3)c3c(Cn4cccc4)cc(Cn4ccnc4NC)cc3C2=O)ncc1F. The molecule has 9 heteroatoms. The van der Waals surface area contributed by atoms with E-state index in [1.165, 1.54) is 17.3 Å². The summed E-state index contributed by atoms with van der Waals surface area (Å²) < 4.78 is 23.9. The summed E-state index contributed by atoms with van der Waals surface area (Å²) in [6.07, 6.45) is 11.1. The van der Waals surface area contributed by atoms with E-state index < -0.39 is 5.82 Å². The number of hydrogen-bond donors (Lipinski definition) is 1. The molecule has 3 aromatic heterocycles. The number of ether oxygens (including phenoxy) is 1. The summed E-state index contributed by atoms with van der Waals surface area (Å²) in [5.41, 5.74) is 4.70. The lowest BCUT2D eigenvalue weighted by atomic mass is 9.81. The van der Waals surface area contributed by atoms with Gasteiger partial charge in [0.2, 0.25) is 5.95 Å². The molecule has 1 aromatic carbocycles. The molecule has 1 atom stereocenters. The maximum absolute atomic E-state index is 14.2. The van der Waals surface area contributed by atoms with E-state index in [9.17, 15) is 9.18 Å². The predicted molar refractivity (Wildman–Crippen MR) is 147 cm³/mol. The number of aromatic nitrogens is 4. The zero-order valence-electron chi connectivity index (χ0n) is 22.5. The van der Waals surface area contributed by atoms with E-state index in [4.69, 9.17) is 4.74 Å². The number of anilines is 1. The fourth-order valence-corrected chi connectivity index (χ4v) is 5.91. The molecular formula is C30H33FN6O2. The molecule has 39 heavy (non-hydrogen) atoms. The molecule has 6 rings (SSSR count). The Bertz CT molecular complexity index is 1510. The Hall–Kier alpha value is -4.14. The molecule has 8 nitrogen and oxygen atoms in total. The summed E-state index contributed by atoms with van der Waals surface area (Å²) in [6.45, 7) is 6.05. The Labute approximate surface area is 227 Å². The van der Waals surface area contributed by atoms with Gasteiger partial charge in [-0.15, -0.1) is 0 Å². The van der Waals surface area contributed by atoms with Crippen LogP contribution < -0.4 is 10.1 Å². The van der Waals surface area contributed by atoms with Gasteiger partial charge in [0, 0.05) is 62.0 Å². The molecule has 4 aromatic rings. The van der Waals surface area contributed by atoms with Gasteiger partial charge in [-0.2, -0.15) is 0 Å². The van der Waals surface area contributed by atoms with Crippen LogP contribution in [0.4, 0.5) is 10.3 Å². The summed E-state index contributed by atoms with van der Waals surface area (Å²) >= 11 is 0. The Morgan fingerprint density at radius 3 is 2.64 bits per heavy atom. The van der Waals surface area contributed by atoms with Crippen molar-refractivity contribution in [2.75, 3.05) is 25.5 Å². The number of carbonyl (C=O) groups excluding carboxylic acids is 1. The molecule has 0 unspecified atom stereocenters. The molecule has 1 saturated carbocycles. The molecule has 2 aliphatic rings. The third kappa shape index (κ3) is 4.56. The van der Waals surface area contributed by atoms with Crippen molar-refractivity contribution in [2.24, 2.45) is 0 Å². The normalized spacial score (nSPS) is 16.3. The average molecular weight is 529 g/mol. The van der Waals surface area contributed by atoms with Crippen molar-refractivity contribution in [3.63, 3.8) is 0 Å². The molecule has 0 bridgehead atoms. The third-order valence-corrected chi connectivity index (χ3v) is 7.98. The molecule has 0 radical (unpaired) electrons. The lowest BCUT2D eigenvalue weighted by Gasteiger charge is -2.39. The number of benzene rings is 1. The highest BCUT2D eigenvalue weighted by atomic mass is 19.1. The quantitative estimate of drug-likeness (QED) is 0.331. The number of nitrogens with one attached hydrogen (secondary N) is 1. The minimum absolute atomic E-state index is 0.0193. The van der Waals surface area contributed by atoms with E-state index in [2.05, 4.69) is 44.4 Å². The first-order valence-corrected chi connectivity index (χ1v) is 13.5. The fraction of sp³-hybridized carbons (Fsp3) is 0.367. The maximum atomic E-state index is 14.2. The minimum atomic E-state index is -0.499. The summed E-state index contributed by atoms with van der Waals surface area (Å²) in [5.74, 6) is 0.417. The summed E-state index contributed by atoms with van der Waals surface area (Å²) in [4.78, 5) is 24.8. The molecule has 202 valence electrons. The van der Waals surface area contributed by atoms with Gasteiger partial charge in [-0.1, -0.05) is 6.07 Å². The van der Waals surface area contributed by atoms with Gasteiger partial charge in [0.1, 0.15) is 0 Å². The van der Waals surface area contributed by atoms with Crippen LogP contribution >= 0.6 is 0 Å². The van der Waals surface area contributed by atoms with E-state index >= 15 is 0 Å². The predicted octanol–water partition coefficient (Wildman–Crippen LogP) is 5.00. The van der Waals surface area contributed by atoms with E-state index in [1.807, 2.05) is 48.7 Å². The van der Waals surface area contributed by atoms with Gasteiger partial charge in [0.25, 0.3) is 5.91 Å². The molecule has 1 aliphatic heterocycles. The van der Waals surface area contributed by atoms with Crippen LogP contribution in [0.15, 0.2) is 61.3 Å². The smallest absolute Gasteiger partial charge is 0.254 e. The van der Waals surface area contributed by atoms with Crippen molar-refractivity contribution in [3.05, 3.63) is 95.1 Å². The summed E-state index contributed by atoms with van der Waals surface area (Å²) in [6, 6.07) is 9.64. The molecule has 0 saturated heterocycles. The first-order chi connectivity index (χ1) is 18.9. The summed E-state index contributed by atoms with van der Waals surface area (Å²) in [5, 5.41) is 3.13. The van der Waals surface area contributed by atoms with Crippen LogP contribution in [0, 0.1) is 5.82 Å².